The van der Waals surface area contributed by atoms with Crippen molar-refractivity contribution in [3.63, 3.8) is 0 Å². The lowest BCUT2D eigenvalue weighted by Gasteiger charge is -2.26. The quantitative estimate of drug-likeness (QED) is 0.380. The van der Waals surface area contributed by atoms with Crippen LogP contribution in [0, 0.1) is 11.7 Å². The van der Waals surface area contributed by atoms with Crippen LogP contribution in [-0.2, 0) is 44.6 Å². The molecule has 11 heteroatoms. The van der Waals surface area contributed by atoms with Gasteiger partial charge in [0.2, 0.25) is 11.8 Å². The number of hydrogen-bond acceptors (Lipinski definition) is 8. The minimum atomic E-state index is -1.62. The van der Waals surface area contributed by atoms with Crippen molar-refractivity contribution >= 4 is 29.7 Å². The van der Waals surface area contributed by atoms with Gasteiger partial charge in [-0.15, -0.1) is 0 Å². The van der Waals surface area contributed by atoms with Crippen molar-refractivity contribution in [1.29, 1.82) is 0 Å². The molecule has 10 nitrogen and oxygen atoms in total. The molecule has 0 aliphatic carbocycles. The van der Waals surface area contributed by atoms with Gasteiger partial charge in [-0.25, -0.2) is 9.18 Å². The summed E-state index contributed by atoms with van der Waals surface area (Å²) < 4.78 is 27.8. The number of rotatable bonds is 10. The summed E-state index contributed by atoms with van der Waals surface area (Å²) in [5, 5.41) is 4.67. The molecular formula is C20H25FN2O8. The highest BCUT2D eigenvalue weighted by Gasteiger charge is 2.39. The largest absolute Gasteiger partial charge is 0.469 e. The second-order valence-corrected chi connectivity index (χ2v) is 6.47. The molecule has 0 spiro atoms. The number of methoxy groups -OCH3 is 3. The summed E-state index contributed by atoms with van der Waals surface area (Å²) in [6, 6.07) is 2.75. The van der Waals surface area contributed by atoms with E-state index in [-0.39, 0.29) is 12.0 Å². The van der Waals surface area contributed by atoms with Crippen molar-refractivity contribution in [2.75, 3.05) is 21.3 Å². The number of carbonyl (C=O) groups is 5. The van der Waals surface area contributed by atoms with Gasteiger partial charge in [0.25, 0.3) is 0 Å². The van der Waals surface area contributed by atoms with Crippen LogP contribution in [0.25, 0.3) is 0 Å². The van der Waals surface area contributed by atoms with Crippen LogP contribution in [0.15, 0.2) is 24.3 Å². The number of ether oxygens (including phenoxy) is 3. The smallest absolute Gasteiger partial charge is 0.329 e. The van der Waals surface area contributed by atoms with Crippen molar-refractivity contribution in [3.05, 3.63) is 35.6 Å². The van der Waals surface area contributed by atoms with Crippen LogP contribution in [0.5, 0.6) is 0 Å². The molecule has 0 saturated heterocycles. The zero-order valence-electron chi connectivity index (χ0n) is 17.6. The predicted molar refractivity (Wildman–Crippen MR) is 104 cm³/mol. The number of halogens is 1. The Morgan fingerprint density at radius 2 is 1.55 bits per heavy atom. The van der Waals surface area contributed by atoms with Gasteiger partial charge in [0.15, 0.2) is 0 Å². The standard InChI is InChI=1S/C20H25FN2O8/c1-11(24)22-15(9-12-7-5-6-8-14(12)21)18(26)23-17(20(28)31-4)13(19(27)30-3)10-16(25)29-2/h5-8,13,15,17H,9-10H2,1-4H3,(H,22,24)(H,23,26)/t13-,15-,17+/m0/s1. The molecule has 0 aliphatic heterocycles. The molecule has 0 aromatic heterocycles. The summed E-state index contributed by atoms with van der Waals surface area (Å²) in [6.45, 7) is 1.16. The Kier molecular flexibility index (Phi) is 10.1. The molecule has 0 aliphatic rings. The van der Waals surface area contributed by atoms with Crippen LogP contribution in [0.2, 0.25) is 0 Å². The highest BCUT2D eigenvalue weighted by molar-refractivity contribution is 5.94. The Hall–Kier alpha value is -3.50. The number of hydrogen-bond donors (Lipinski definition) is 2. The number of benzene rings is 1. The molecular weight excluding hydrogens is 415 g/mol. The fourth-order valence-electron chi connectivity index (χ4n) is 2.79. The number of carbonyl (C=O) groups excluding carboxylic acids is 5. The maximum Gasteiger partial charge on any atom is 0.329 e. The molecule has 1 rings (SSSR count). The van der Waals surface area contributed by atoms with E-state index in [0.29, 0.717) is 0 Å². The third-order valence-corrected chi connectivity index (χ3v) is 4.35. The van der Waals surface area contributed by atoms with Crippen LogP contribution in [0.3, 0.4) is 0 Å². The molecule has 0 unspecified atom stereocenters. The number of nitrogens with one attached hydrogen (secondary N) is 2. The maximum atomic E-state index is 14.0. The average molecular weight is 440 g/mol. The molecule has 1 aromatic rings. The van der Waals surface area contributed by atoms with Gasteiger partial charge in [0, 0.05) is 13.3 Å². The minimum absolute atomic E-state index is 0.144. The highest BCUT2D eigenvalue weighted by atomic mass is 19.1. The van der Waals surface area contributed by atoms with Crippen LogP contribution in [0.1, 0.15) is 18.9 Å². The third kappa shape index (κ3) is 7.68. The van der Waals surface area contributed by atoms with Gasteiger partial charge in [-0.2, -0.15) is 0 Å². The summed E-state index contributed by atoms with van der Waals surface area (Å²) in [5.74, 6) is -6.35. The normalized spacial score (nSPS) is 13.2. The van der Waals surface area contributed by atoms with Gasteiger partial charge in [-0.05, 0) is 11.6 Å². The van der Waals surface area contributed by atoms with Crippen molar-refractivity contribution < 1.29 is 42.6 Å². The molecule has 1 aromatic carbocycles. The van der Waals surface area contributed by atoms with E-state index in [9.17, 15) is 28.4 Å². The van der Waals surface area contributed by atoms with E-state index in [4.69, 9.17) is 0 Å². The minimum Gasteiger partial charge on any atom is -0.469 e. The molecule has 0 heterocycles. The van der Waals surface area contributed by atoms with Gasteiger partial charge < -0.3 is 24.8 Å². The summed E-state index contributed by atoms with van der Waals surface area (Å²) >= 11 is 0. The molecule has 2 N–H and O–H groups in total. The second-order valence-electron chi connectivity index (χ2n) is 6.47. The van der Waals surface area contributed by atoms with Crippen LogP contribution in [0.4, 0.5) is 4.39 Å². The first kappa shape index (κ1) is 25.5. The van der Waals surface area contributed by atoms with Crippen LogP contribution >= 0.6 is 0 Å². The van der Waals surface area contributed by atoms with Gasteiger partial charge in [0.05, 0.1) is 33.7 Å². The van der Waals surface area contributed by atoms with Crippen LogP contribution in [-0.4, -0.2) is 63.1 Å². The summed E-state index contributed by atoms with van der Waals surface area (Å²) in [6.07, 6.45) is -0.812. The monoisotopic (exact) mass is 440 g/mol. The van der Waals surface area contributed by atoms with Gasteiger partial charge in [0.1, 0.15) is 17.9 Å². The van der Waals surface area contributed by atoms with Crippen LogP contribution < -0.4 is 10.6 Å². The zero-order valence-corrected chi connectivity index (χ0v) is 17.6. The SMILES string of the molecule is COC(=O)C[C@H](C(=O)OC)[C@@H](NC(=O)[C@H](Cc1ccccc1F)NC(C)=O)C(=O)OC. The molecule has 2 amide bonds. The second kappa shape index (κ2) is 12.3. The summed E-state index contributed by atoms with van der Waals surface area (Å²) in [5.41, 5.74) is 0.144. The van der Waals surface area contributed by atoms with Gasteiger partial charge >= 0.3 is 17.9 Å². The molecule has 0 radical (unpaired) electrons. The lowest BCUT2D eigenvalue weighted by Crippen LogP contribution is -2.56. The van der Waals surface area contributed by atoms with E-state index in [1.807, 2.05) is 0 Å². The topological polar surface area (TPSA) is 137 Å². The maximum absolute atomic E-state index is 14.0. The van der Waals surface area contributed by atoms with Crippen molar-refractivity contribution in [2.45, 2.75) is 31.8 Å². The first-order valence-corrected chi connectivity index (χ1v) is 9.17. The molecule has 0 bridgehead atoms. The van der Waals surface area contributed by atoms with Crippen molar-refractivity contribution in [2.24, 2.45) is 5.92 Å². The Balaban J connectivity index is 3.20. The van der Waals surface area contributed by atoms with E-state index < -0.39 is 60.0 Å². The summed E-state index contributed by atoms with van der Waals surface area (Å²) in [4.78, 5) is 60.6. The van der Waals surface area contributed by atoms with Gasteiger partial charge in [-0.3, -0.25) is 19.2 Å². The van der Waals surface area contributed by atoms with E-state index in [1.165, 1.54) is 18.2 Å². The summed E-state index contributed by atoms with van der Waals surface area (Å²) in [7, 11) is 3.16. The Labute approximate surface area is 178 Å². The lowest BCUT2D eigenvalue weighted by molar-refractivity contribution is -0.159. The van der Waals surface area contributed by atoms with E-state index in [0.717, 1.165) is 28.3 Å². The lowest BCUT2D eigenvalue weighted by atomic mass is 9.95. The molecule has 170 valence electrons. The molecule has 0 saturated carbocycles. The Morgan fingerprint density at radius 3 is 2.06 bits per heavy atom. The third-order valence-electron chi connectivity index (χ3n) is 4.35. The zero-order chi connectivity index (χ0) is 23.6. The highest BCUT2D eigenvalue weighted by Crippen LogP contribution is 2.16. The number of amides is 2. The van der Waals surface area contributed by atoms with E-state index in [2.05, 4.69) is 24.8 Å². The fourth-order valence-corrected chi connectivity index (χ4v) is 2.79. The average Bonchev–Trinajstić information content (AvgIpc) is 2.75. The Bertz CT molecular complexity index is 829. The Morgan fingerprint density at radius 1 is 0.935 bits per heavy atom. The van der Waals surface area contributed by atoms with Crippen molar-refractivity contribution in [3.8, 4) is 0 Å². The molecule has 0 fully saturated rings. The van der Waals surface area contributed by atoms with E-state index >= 15 is 0 Å². The van der Waals surface area contributed by atoms with Gasteiger partial charge in [-0.1, -0.05) is 18.2 Å². The van der Waals surface area contributed by atoms with E-state index in [1.54, 1.807) is 6.07 Å². The van der Waals surface area contributed by atoms with Crippen molar-refractivity contribution in [1.82, 2.24) is 10.6 Å². The first-order valence-electron chi connectivity index (χ1n) is 9.17. The number of esters is 3. The fraction of sp³-hybridized carbons (Fsp3) is 0.450. The first-order chi connectivity index (χ1) is 14.6. The predicted octanol–water partition coefficient (Wildman–Crippen LogP) is -0.117. The molecule has 31 heavy (non-hydrogen) atoms. The molecule has 3 atom stereocenters.